The highest BCUT2D eigenvalue weighted by Crippen LogP contribution is 2.50. The van der Waals surface area contributed by atoms with E-state index in [1.807, 2.05) is 29.8 Å². The van der Waals surface area contributed by atoms with E-state index in [4.69, 9.17) is 0 Å². The van der Waals surface area contributed by atoms with Crippen molar-refractivity contribution in [3.8, 4) is 0 Å². The minimum Gasteiger partial charge on any atom is -0.477 e. The van der Waals surface area contributed by atoms with Gasteiger partial charge in [-0.1, -0.05) is 6.92 Å². The molecule has 2 aromatic rings. The van der Waals surface area contributed by atoms with E-state index >= 15 is 0 Å². The topological polar surface area (TPSA) is 108 Å². The van der Waals surface area contributed by atoms with E-state index < -0.39 is 18.0 Å². The summed E-state index contributed by atoms with van der Waals surface area (Å²) in [6.45, 7) is 3.50. The summed E-state index contributed by atoms with van der Waals surface area (Å²) in [7, 11) is 0. The van der Waals surface area contributed by atoms with E-state index in [9.17, 15) is 19.8 Å². The number of aromatic nitrogens is 3. The minimum atomic E-state index is -1.10. The zero-order chi connectivity index (χ0) is 19.3. The van der Waals surface area contributed by atoms with Crippen LogP contribution in [0.3, 0.4) is 0 Å². The molecule has 8 nitrogen and oxygen atoms in total. The van der Waals surface area contributed by atoms with Crippen molar-refractivity contribution in [2.24, 2.45) is 11.8 Å². The number of aliphatic hydroxyl groups is 1. The number of hydrogen-bond donors (Lipinski definition) is 2. The maximum atomic E-state index is 12.3. The first-order chi connectivity index (χ1) is 12.9. The van der Waals surface area contributed by atoms with Gasteiger partial charge in [0.15, 0.2) is 0 Å². The maximum absolute atomic E-state index is 12.3. The number of imidazole rings is 1. The number of carbonyl (C=O) groups excluding carboxylic acids is 1. The normalized spacial score (nSPS) is 25.7. The Morgan fingerprint density at radius 1 is 1.44 bits per heavy atom. The highest BCUT2D eigenvalue weighted by molar-refractivity contribution is 8.03. The maximum Gasteiger partial charge on any atom is 0.353 e. The Kier molecular flexibility index (Phi) is 4.43. The zero-order valence-electron chi connectivity index (χ0n) is 14.9. The molecule has 27 heavy (non-hydrogen) atoms. The number of fused-ring (bicyclic) bond motifs is 2. The van der Waals surface area contributed by atoms with E-state index in [2.05, 4.69) is 9.97 Å². The number of nitrogens with zero attached hydrogens (tertiary/aromatic N) is 4. The van der Waals surface area contributed by atoms with Crippen molar-refractivity contribution in [3.63, 3.8) is 0 Å². The van der Waals surface area contributed by atoms with Crippen LogP contribution in [0.2, 0.25) is 0 Å². The summed E-state index contributed by atoms with van der Waals surface area (Å²) < 4.78 is 1.85. The number of aliphatic carboxylic acids is 1. The Morgan fingerprint density at radius 3 is 2.89 bits per heavy atom. The van der Waals surface area contributed by atoms with Crippen LogP contribution < -0.4 is 0 Å². The zero-order valence-corrected chi connectivity index (χ0v) is 15.8. The molecule has 0 bridgehead atoms. The third-order valence-electron chi connectivity index (χ3n) is 5.21. The summed E-state index contributed by atoms with van der Waals surface area (Å²) >= 11 is 1.45. The lowest BCUT2D eigenvalue weighted by atomic mass is 9.79. The first-order valence-corrected chi connectivity index (χ1v) is 9.78. The van der Waals surface area contributed by atoms with E-state index in [1.165, 1.54) is 16.7 Å². The van der Waals surface area contributed by atoms with Crippen molar-refractivity contribution >= 4 is 29.4 Å². The van der Waals surface area contributed by atoms with Gasteiger partial charge in [-0.05, 0) is 13.0 Å². The molecular formula is C18H20N4O4S. The average molecular weight is 388 g/mol. The Bertz CT molecular complexity index is 921. The molecule has 2 aliphatic rings. The molecule has 0 spiro atoms. The molecule has 0 radical (unpaired) electrons. The number of β-lactam (4-membered cyclic amide) rings is 1. The molecule has 2 aromatic heterocycles. The second kappa shape index (κ2) is 6.65. The van der Waals surface area contributed by atoms with Gasteiger partial charge in [0.2, 0.25) is 11.7 Å². The van der Waals surface area contributed by atoms with Gasteiger partial charge in [-0.3, -0.25) is 9.20 Å². The van der Waals surface area contributed by atoms with E-state index in [-0.39, 0.29) is 23.6 Å². The van der Waals surface area contributed by atoms with Gasteiger partial charge in [0.05, 0.1) is 23.8 Å². The van der Waals surface area contributed by atoms with Crippen LogP contribution in [0.5, 0.6) is 0 Å². The van der Waals surface area contributed by atoms with Gasteiger partial charge in [0, 0.05) is 41.6 Å². The van der Waals surface area contributed by atoms with Crippen LogP contribution >= 0.6 is 11.8 Å². The molecule has 0 aliphatic carbocycles. The van der Waals surface area contributed by atoms with Gasteiger partial charge in [0.1, 0.15) is 5.70 Å². The molecule has 4 rings (SSSR count). The monoisotopic (exact) mass is 388 g/mol. The van der Waals surface area contributed by atoms with Gasteiger partial charge < -0.3 is 15.1 Å². The fourth-order valence-corrected chi connectivity index (χ4v) is 5.24. The number of hydrogen-bond acceptors (Lipinski definition) is 6. The quantitative estimate of drug-likeness (QED) is 0.715. The van der Waals surface area contributed by atoms with Crippen LogP contribution in [0, 0.1) is 11.8 Å². The van der Waals surface area contributed by atoms with Gasteiger partial charge in [-0.15, -0.1) is 11.8 Å². The van der Waals surface area contributed by atoms with E-state index in [0.717, 1.165) is 5.69 Å². The number of thioether (sulfide) groups is 1. The standard InChI is InChI=1S/C18H20N4O4S/c1-9-13-12(10(2)23)16(24)22(13)14(17(25)26)15(9)27-7-4-11-8-21-6-3-5-19-18(21)20-11/h3,5-6,8-10,12-13,23H,4,7H2,1-2H3,(H,25,26)/t9-,10-,12+,13+/m1/s1. The first-order valence-electron chi connectivity index (χ1n) is 8.80. The van der Waals surface area contributed by atoms with Crippen molar-refractivity contribution in [3.05, 3.63) is 41.0 Å². The highest BCUT2D eigenvalue weighted by Gasteiger charge is 2.59. The summed E-state index contributed by atoms with van der Waals surface area (Å²) in [4.78, 5) is 34.8. The third-order valence-corrected chi connectivity index (χ3v) is 6.50. The lowest BCUT2D eigenvalue weighted by Crippen LogP contribution is -2.63. The van der Waals surface area contributed by atoms with Gasteiger partial charge in [-0.25, -0.2) is 14.8 Å². The summed E-state index contributed by atoms with van der Waals surface area (Å²) in [5.41, 5.74) is 0.946. The van der Waals surface area contributed by atoms with Gasteiger partial charge in [0.25, 0.3) is 0 Å². The van der Waals surface area contributed by atoms with E-state index in [1.54, 1.807) is 13.1 Å². The van der Waals surface area contributed by atoms with Crippen LogP contribution in [0.25, 0.3) is 5.78 Å². The fourth-order valence-electron chi connectivity index (χ4n) is 3.98. The van der Waals surface area contributed by atoms with Crippen LogP contribution in [0.15, 0.2) is 35.3 Å². The molecule has 1 amide bonds. The molecule has 0 unspecified atom stereocenters. The second-order valence-corrected chi connectivity index (χ2v) is 8.07. The van der Waals surface area contributed by atoms with Gasteiger partial charge >= 0.3 is 5.97 Å². The Labute approximate surface area is 159 Å². The summed E-state index contributed by atoms with van der Waals surface area (Å²) in [5, 5.41) is 19.5. The smallest absolute Gasteiger partial charge is 0.353 e. The van der Waals surface area contributed by atoms with Crippen molar-refractivity contribution in [1.29, 1.82) is 0 Å². The van der Waals surface area contributed by atoms with Crippen molar-refractivity contribution in [2.45, 2.75) is 32.4 Å². The molecule has 1 fully saturated rings. The highest BCUT2D eigenvalue weighted by atomic mass is 32.2. The minimum absolute atomic E-state index is 0.0658. The Hall–Kier alpha value is -2.39. The lowest BCUT2D eigenvalue weighted by Gasteiger charge is -2.46. The largest absolute Gasteiger partial charge is 0.477 e. The molecule has 4 atom stereocenters. The predicted octanol–water partition coefficient (Wildman–Crippen LogP) is 1.16. The molecule has 1 saturated heterocycles. The number of carboxylic acids is 1. The molecule has 0 aromatic carbocycles. The molecule has 2 N–H and O–H groups in total. The number of carbonyl (C=O) groups is 2. The number of carboxylic acid groups (broad SMARTS) is 1. The van der Waals surface area contributed by atoms with Crippen LogP contribution in [0.1, 0.15) is 19.5 Å². The molecule has 9 heteroatoms. The molecular weight excluding hydrogens is 368 g/mol. The SMILES string of the molecule is C[C@@H](O)[C@@H]1C(=O)N2C(C(=O)O)=C(SCCc3cn4cccnc4n3)[C@H](C)[C@@H]12. The molecule has 4 heterocycles. The van der Waals surface area contributed by atoms with Crippen molar-refractivity contribution in [1.82, 2.24) is 19.3 Å². The molecule has 142 valence electrons. The number of aryl methyl sites for hydroxylation is 1. The molecule has 0 saturated carbocycles. The van der Waals surface area contributed by atoms with Gasteiger partial charge in [-0.2, -0.15) is 0 Å². The average Bonchev–Trinajstić information content (AvgIpc) is 3.12. The van der Waals surface area contributed by atoms with Crippen LogP contribution in [-0.2, 0) is 16.0 Å². The fraction of sp³-hybridized carbons (Fsp3) is 0.444. The summed E-state index contributed by atoms with van der Waals surface area (Å²) in [6, 6.07) is 1.56. The second-order valence-electron chi connectivity index (χ2n) is 6.93. The van der Waals surface area contributed by atoms with Crippen LogP contribution in [0.4, 0.5) is 0 Å². The predicted molar refractivity (Wildman–Crippen MR) is 98.8 cm³/mol. The van der Waals surface area contributed by atoms with Crippen LogP contribution in [-0.4, -0.2) is 59.3 Å². The lowest BCUT2D eigenvalue weighted by molar-refractivity contribution is -0.163. The Balaban J connectivity index is 1.50. The van der Waals surface area contributed by atoms with Crippen molar-refractivity contribution < 1.29 is 19.8 Å². The van der Waals surface area contributed by atoms with E-state index in [0.29, 0.717) is 22.9 Å². The molecule has 2 aliphatic heterocycles. The number of aliphatic hydroxyl groups excluding tert-OH is 1. The Morgan fingerprint density at radius 2 is 2.22 bits per heavy atom. The first kappa shape index (κ1) is 18.0. The summed E-state index contributed by atoms with van der Waals surface area (Å²) in [5.74, 6) is -0.763. The third kappa shape index (κ3) is 2.81. The summed E-state index contributed by atoms with van der Waals surface area (Å²) in [6.07, 6.45) is 5.35. The van der Waals surface area contributed by atoms with Crippen molar-refractivity contribution in [2.75, 3.05) is 5.75 Å². The number of rotatable bonds is 6. The number of amides is 1.